The molecule has 3 aliphatic rings. The van der Waals surface area contributed by atoms with Crippen molar-refractivity contribution in [3.05, 3.63) is 90.7 Å². The molecule has 0 radical (unpaired) electrons. The number of piperidine rings is 1. The van der Waals surface area contributed by atoms with Crippen molar-refractivity contribution in [1.29, 1.82) is 5.26 Å². The van der Waals surface area contributed by atoms with Gasteiger partial charge in [-0.25, -0.2) is 9.97 Å². The highest BCUT2D eigenvalue weighted by Crippen LogP contribution is 2.36. The van der Waals surface area contributed by atoms with Gasteiger partial charge in [-0.3, -0.25) is 14.8 Å². The van der Waals surface area contributed by atoms with Crippen molar-refractivity contribution >= 4 is 23.5 Å². The van der Waals surface area contributed by atoms with Crippen molar-refractivity contribution in [2.24, 2.45) is 11.0 Å². The van der Waals surface area contributed by atoms with Gasteiger partial charge in [-0.1, -0.05) is 6.07 Å². The van der Waals surface area contributed by atoms with Gasteiger partial charge in [-0.2, -0.15) is 10.4 Å². The van der Waals surface area contributed by atoms with Crippen molar-refractivity contribution in [3.63, 3.8) is 0 Å². The largest absolute Gasteiger partial charge is 0.490 e. The van der Waals surface area contributed by atoms with Crippen LogP contribution in [-0.4, -0.2) is 67.9 Å². The third-order valence-electron chi connectivity index (χ3n) is 7.77. The molecule has 6 rings (SSSR count). The molecule has 208 valence electrons. The molecule has 3 aromatic rings. The van der Waals surface area contributed by atoms with E-state index < -0.39 is 0 Å². The quantitative estimate of drug-likeness (QED) is 0.454. The highest BCUT2D eigenvalue weighted by molar-refractivity contribution is 5.92. The summed E-state index contributed by atoms with van der Waals surface area (Å²) >= 11 is 0. The van der Waals surface area contributed by atoms with E-state index in [1.165, 1.54) is 0 Å². The van der Waals surface area contributed by atoms with Crippen LogP contribution in [0.2, 0.25) is 0 Å². The van der Waals surface area contributed by atoms with Gasteiger partial charge in [0.05, 0.1) is 31.2 Å². The smallest absolute Gasteiger partial charge is 0.270 e. The van der Waals surface area contributed by atoms with Gasteiger partial charge in [-0.05, 0) is 61.2 Å². The van der Waals surface area contributed by atoms with Crippen LogP contribution >= 0.6 is 0 Å². The Balaban J connectivity index is 1.12. The number of carbonyl (C=O) groups is 1. The summed E-state index contributed by atoms with van der Waals surface area (Å²) in [6, 6.07) is 11.5. The average molecular weight is 550 g/mol. The number of nitrogens with one attached hydrogen (secondary N) is 1. The minimum atomic E-state index is -0.370. The van der Waals surface area contributed by atoms with Crippen LogP contribution in [0.15, 0.2) is 84.6 Å². The van der Waals surface area contributed by atoms with E-state index in [1.807, 2.05) is 47.4 Å². The average Bonchev–Trinajstić information content (AvgIpc) is 3.68. The van der Waals surface area contributed by atoms with Crippen molar-refractivity contribution in [3.8, 4) is 6.07 Å². The van der Waals surface area contributed by atoms with E-state index in [0.717, 1.165) is 42.9 Å². The molecule has 0 saturated carbocycles. The van der Waals surface area contributed by atoms with Crippen LogP contribution in [-0.2, 0) is 11.3 Å². The SMILES string of the molecule is CC1(NC(=O)c2ccccn2)CCN(c2ccc(C3=CC(OCCn4ccnc4)=CN4N=CC(C#N)C34)cn2)CC1. The number of hydrazone groups is 1. The van der Waals surface area contributed by atoms with Gasteiger partial charge in [0, 0.05) is 49.6 Å². The van der Waals surface area contributed by atoms with Gasteiger partial charge in [0.1, 0.15) is 29.8 Å². The van der Waals surface area contributed by atoms with Gasteiger partial charge in [0.15, 0.2) is 0 Å². The standard InChI is InChI=1S/C30H31N9O2/c1-30(36-29(40)26-4-2-3-9-33-26)7-11-38(12-8-30)27-6-5-22(18-34-27)25-16-24(41-15-14-37-13-10-32-21-37)20-39-28(25)23(17-31)19-35-39/h2-6,9-10,13,16,18-21,23,28H,7-8,11-12,14-15H2,1H3,(H,36,40). The topological polar surface area (TPSA) is 125 Å². The molecule has 0 aliphatic carbocycles. The molecular weight excluding hydrogens is 518 g/mol. The number of rotatable bonds is 8. The molecule has 11 nitrogen and oxygen atoms in total. The van der Waals surface area contributed by atoms with Crippen molar-refractivity contribution < 1.29 is 9.53 Å². The number of nitriles is 1. The number of carbonyl (C=O) groups excluding carboxylic acids is 1. The number of nitrogens with zero attached hydrogens (tertiary/aromatic N) is 8. The molecule has 41 heavy (non-hydrogen) atoms. The molecule has 2 unspecified atom stereocenters. The zero-order chi connectivity index (χ0) is 28.2. The molecule has 0 spiro atoms. The summed E-state index contributed by atoms with van der Waals surface area (Å²) in [6.45, 7) is 4.77. The second-order valence-electron chi connectivity index (χ2n) is 10.6. The third-order valence-corrected chi connectivity index (χ3v) is 7.77. The Morgan fingerprint density at radius 3 is 2.78 bits per heavy atom. The Morgan fingerprint density at radius 1 is 1.20 bits per heavy atom. The van der Waals surface area contributed by atoms with Crippen LogP contribution < -0.4 is 10.2 Å². The van der Waals surface area contributed by atoms with Crippen LogP contribution in [0.5, 0.6) is 0 Å². The van der Waals surface area contributed by atoms with Gasteiger partial charge >= 0.3 is 0 Å². The maximum atomic E-state index is 12.7. The van der Waals surface area contributed by atoms with Gasteiger partial charge in [0.2, 0.25) is 0 Å². The summed E-state index contributed by atoms with van der Waals surface area (Å²) < 4.78 is 8.01. The van der Waals surface area contributed by atoms with E-state index in [2.05, 4.69) is 38.3 Å². The normalized spacial score (nSPS) is 21.0. The lowest BCUT2D eigenvalue weighted by Gasteiger charge is -2.40. The Bertz CT molecular complexity index is 1500. The lowest BCUT2D eigenvalue weighted by Crippen LogP contribution is -2.53. The zero-order valence-corrected chi connectivity index (χ0v) is 22.8. The minimum Gasteiger partial charge on any atom is -0.490 e. The predicted molar refractivity (Wildman–Crippen MR) is 153 cm³/mol. The van der Waals surface area contributed by atoms with Crippen molar-refractivity contribution in [1.82, 2.24) is 29.8 Å². The van der Waals surface area contributed by atoms with E-state index >= 15 is 0 Å². The highest BCUT2D eigenvalue weighted by atomic mass is 16.5. The fourth-order valence-corrected chi connectivity index (χ4v) is 5.38. The Labute approximate surface area is 238 Å². The summed E-state index contributed by atoms with van der Waals surface area (Å²) in [5.74, 6) is 1.04. The second-order valence-corrected chi connectivity index (χ2v) is 10.6. The molecule has 1 saturated heterocycles. The predicted octanol–water partition coefficient (Wildman–Crippen LogP) is 3.23. The zero-order valence-electron chi connectivity index (χ0n) is 22.8. The van der Waals surface area contributed by atoms with Crippen LogP contribution in [0, 0.1) is 17.2 Å². The number of pyridine rings is 2. The first-order valence-electron chi connectivity index (χ1n) is 13.7. The summed E-state index contributed by atoms with van der Waals surface area (Å²) in [6.07, 6.45) is 16.0. The molecular formula is C30H31N9O2. The van der Waals surface area contributed by atoms with Gasteiger partial charge < -0.3 is 19.5 Å². The molecule has 3 aromatic heterocycles. The van der Waals surface area contributed by atoms with Crippen LogP contribution in [0.25, 0.3) is 5.57 Å². The Hall–Kier alpha value is -4.98. The first-order valence-corrected chi connectivity index (χ1v) is 13.7. The molecule has 0 bridgehead atoms. The highest BCUT2D eigenvalue weighted by Gasteiger charge is 2.37. The lowest BCUT2D eigenvalue weighted by molar-refractivity contribution is 0.0886. The summed E-state index contributed by atoms with van der Waals surface area (Å²) in [4.78, 5) is 27.9. The number of amides is 1. The molecule has 0 aromatic carbocycles. The van der Waals surface area contributed by atoms with Crippen LogP contribution in [0.1, 0.15) is 35.8 Å². The molecule has 3 aliphatic heterocycles. The number of aromatic nitrogens is 4. The maximum absolute atomic E-state index is 12.7. The van der Waals surface area contributed by atoms with Crippen molar-refractivity contribution in [2.45, 2.75) is 37.9 Å². The van der Waals surface area contributed by atoms with E-state index in [1.54, 1.807) is 42.1 Å². The number of ether oxygens (including phenoxy) is 1. The summed E-state index contributed by atoms with van der Waals surface area (Å²) in [5.41, 5.74) is 1.98. The molecule has 6 heterocycles. The monoisotopic (exact) mass is 549 g/mol. The third kappa shape index (κ3) is 5.68. The van der Waals surface area contributed by atoms with Crippen molar-refractivity contribution in [2.75, 3.05) is 24.6 Å². The number of imidazole rings is 1. The second kappa shape index (κ2) is 11.3. The minimum absolute atomic E-state index is 0.149. The molecule has 1 amide bonds. The number of hydrogen-bond donors (Lipinski definition) is 1. The first-order chi connectivity index (χ1) is 20.0. The lowest BCUT2D eigenvalue weighted by atomic mass is 9.88. The van der Waals surface area contributed by atoms with E-state index in [0.29, 0.717) is 24.6 Å². The molecule has 1 N–H and O–H groups in total. The fraction of sp³-hybridized carbons (Fsp3) is 0.333. The molecule has 2 atom stereocenters. The maximum Gasteiger partial charge on any atom is 0.270 e. The van der Waals surface area contributed by atoms with E-state index in [4.69, 9.17) is 9.72 Å². The van der Waals surface area contributed by atoms with E-state index in [9.17, 15) is 10.1 Å². The number of hydrogen-bond acceptors (Lipinski definition) is 9. The van der Waals surface area contributed by atoms with Gasteiger partial charge in [-0.15, -0.1) is 0 Å². The summed E-state index contributed by atoms with van der Waals surface area (Å²) in [5, 5.41) is 19.2. The van der Waals surface area contributed by atoms with Gasteiger partial charge in [0.25, 0.3) is 5.91 Å². The molecule has 11 heteroatoms. The Kier molecular flexibility index (Phi) is 7.20. The first kappa shape index (κ1) is 26.3. The van der Waals surface area contributed by atoms with Crippen LogP contribution in [0.4, 0.5) is 5.82 Å². The fourth-order valence-electron chi connectivity index (χ4n) is 5.38. The van der Waals surface area contributed by atoms with E-state index in [-0.39, 0.29) is 23.4 Å². The number of fused-ring (bicyclic) bond motifs is 1. The Morgan fingerprint density at radius 2 is 2.07 bits per heavy atom. The summed E-state index contributed by atoms with van der Waals surface area (Å²) in [7, 11) is 0. The van der Waals surface area contributed by atoms with Crippen LogP contribution in [0.3, 0.4) is 0 Å². The number of allylic oxidation sites excluding steroid dienone is 1. The number of anilines is 1. The molecule has 1 fully saturated rings.